The van der Waals surface area contributed by atoms with Crippen LogP contribution in [-0.4, -0.2) is 53.0 Å². The van der Waals surface area contributed by atoms with Gasteiger partial charge in [0.1, 0.15) is 5.60 Å². The van der Waals surface area contributed by atoms with Crippen LogP contribution >= 0.6 is 0 Å². The number of H-pyrrole nitrogens is 1. The molecule has 3 aliphatic rings. The summed E-state index contributed by atoms with van der Waals surface area (Å²) in [5.41, 5.74) is 2.82. The molecule has 2 aromatic carbocycles. The Kier molecular flexibility index (Phi) is 4.84. The molecule has 4 atom stereocenters. The van der Waals surface area contributed by atoms with Crippen LogP contribution in [0.5, 0.6) is 0 Å². The van der Waals surface area contributed by atoms with Crippen molar-refractivity contribution in [3.8, 4) is 0 Å². The number of likely N-dealkylation sites (tertiary alicyclic amines) is 1. The van der Waals surface area contributed by atoms with Gasteiger partial charge in [0.2, 0.25) is 11.8 Å². The zero-order valence-electron chi connectivity index (χ0n) is 18.4. The Balaban J connectivity index is 1.11. The second kappa shape index (κ2) is 7.89. The molecule has 0 aliphatic carbocycles. The van der Waals surface area contributed by atoms with Gasteiger partial charge in [0, 0.05) is 30.2 Å². The molecule has 2 saturated heterocycles. The Morgan fingerprint density at radius 3 is 2.82 bits per heavy atom. The van der Waals surface area contributed by atoms with Crippen LogP contribution in [0.25, 0.3) is 10.9 Å². The molecular weight excluding hydrogens is 414 g/mol. The molecule has 2 bridgehead atoms. The molecule has 2 fully saturated rings. The van der Waals surface area contributed by atoms with Gasteiger partial charge < -0.3 is 19.9 Å². The highest BCUT2D eigenvalue weighted by atomic mass is 16.5. The number of aromatic nitrogens is 1. The summed E-state index contributed by atoms with van der Waals surface area (Å²) in [7, 11) is 0. The highest BCUT2D eigenvalue weighted by molar-refractivity contribution is 5.93. The fraction of sp³-hybridized carbons (Fsp3) is 0.333. The molecule has 0 unspecified atom stereocenters. The van der Waals surface area contributed by atoms with Crippen molar-refractivity contribution in [1.82, 2.24) is 15.2 Å². The van der Waals surface area contributed by atoms with Crippen LogP contribution < -0.4 is 5.32 Å². The molecule has 33 heavy (non-hydrogen) atoms. The van der Waals surface area contributed by atoms with Gasteiger partial charge in [0.05, 0.1) is 24.5 Å². The van der Waals surface area contributed by atoms with E-state index in [0.717, 1.165) is 18.4 Å². The first-order valence-corrected chi connectivity index (χ1v) is 11.7. The number of para-hydroxylation sites is 1. The van der Waals surface area contributed by atoms with E-state index in [0.29, 0.717) is 19.6 Å². The lowest BCUT2D eigenvalue weighted by Crippen LogP contribution is -2.44. The monoisotopic (exact) mass is 441 g/mol. The van der Waals surface area contributed by atoms with Crippen LogP contribution in [0.4, 0.5) is 0 Å². The number of amides is 2. The number of fused-ring (bicyclic) bond motifs is 2. The lowest BCUT2D eigenvalue weighted by molar-refractivity contribution is -0.137. The first-order chi connectivity index (χ1) is 16.1. The summed E-state index contributed by atoms with van der Waals surface area (Å²) in [5.74, 6) is -0.951. The van der Waals surface area contributed by atoms with Crippen molar-refractivity contribution in [2.24, 2.45) is 11.8 Å². The molecule has 0 radical (unpaired) electrons. The average Bonchev–Trinajstić information content (AvgIpc) is 3.58. The summed E-state index contributed by atoms with van der Waals surface area (Å²) in [4.78, 5) is 31.7. The van der Waals surface area contributed by atoms with E-state index < -0.39 is 17.4 Å². The number of rotatable bonds is 7. The molecule has 6 heteroatoms. The Morgan fingerprint density at radius 1 is 1.12 bits per heavy atom. The molecule has 2 N–H and O–H groups in total. The molecule has 2 amide bonds. The maximum Gasteiger partial charge on any atom is 0.230 e. The van der Waals surface area contributed by atoms with Crippen LogP contribution in [0.2, 0.25) is 0 Å². The second-order valence-corrected chi connectivity index (χ2v) is 9.30. The molecule has 1 aromatic heterocycles. The zero-order chi connectivity index (χ0) is 22.4. The Hall–Kier alpha value is -3.38. The van der Waals surface area contributed by atoms with Crippen molar-refractivity contribution < 1.29 is 14.3 Å². The number of hydrogen-bond donors (Lipinski definition) is 2. The first kappa shape index (κ1) is 20.2. The summed E-state index contributed by atoms with van der Waals surface area (Å²) < 4.78 is 6.24. The van der Waals surface area contributed by atoms with E-state index in [1.54, 1.807) is 0 Å². The van der Waals surface area contributed by atoms with Crippen molar-refractivity contribution in [1.29, 1.82) is 0 Å². The molecule has 1 spiro atoms. The number of nitrogens with one attached hydrogen (secondary N) is 2. The van der Waals surface area contributed by atoms with Crippen LogP contribution in [0, 0.1) is 11.8 Å². The molecule has 3 aliphatic heterocycles. The quantitative estimate of drug-likeness (QED) is 0.554. The van der Waals surface area contributed by atoms with Crippen LogP contribution in [-0.2, 0) is 27.2 Å². The number of carbonyl (C=O) groups is 2. The number of hydrogen-bond acceptors (Lipinski definition) is 3. The van der Waals surface area contributed by atoms with Crippen molar-refractivity contribution in [3.05, 3.63) is 84.1 Å². The topological polar surface area (TPSA) is 74.4 Å². The molecule has 3 aromatic rings. The largest absolute Gasteiger partial charge is 0.361 e. The Bertz CT molecular complexity index is 1230. The Morgan fingerprint density at radius 2 is 1.94 bits per heavy atom. The maximum atomic E-state index is 13.3. The fourth-order valence-electron chi connectivity index (χ4n) is 5.75. The number of nitrogens with zero attached hydrogens (tertiary/aromatic N) is 1. The minimum absolute atomic E-state index is 0.0366. The van der Waals surface area contributed by atoms with Gasteiger partial charge >= 0.3 is 0 Å². The van der Waals surface area contributed by atoms with Gasteiger partial charge in [-0.15, -0.1) is 0 Å². The number of aromatic amines is 1. The average molecular weight is 442 g/mol. The zero-order valence-corrected chi connectivity index (χ0v) is 18.4. The third kappa shape index (κ3) is 3.37. The molecule has 6 rings (SSSR count). The van der Waals surface area contributed by atoms with Crippen molar-refractivity contribution >= 4 is 22.7 Å². The lowest BCUT2D eigenvalue weighted by atomic mass is 9.77. The SMILES string of the molecule is O=C(NCCc1c[nH]c2ccccc12)[C@@H]1[C@H]2C(=O)N(CCc3ccccc3)C[C@]23C=C[C@H]1O3. The van der Waals surface area contributed by atoms with E-state index in [9.17, 15) is 9.59 Å². The third-order valence-electron chi connectivity index (χ3n) is 7.36. The van der Waals surface area contributed by atoms with Crippen molar-refractivity contribution in [2.75, 3.05) is 19.6 Å². The molecule has 4 heterocycles. The predicted octanol–water partition coefficient (Wildman–Crippen LogP) is 2.85. The van der Waals surface area contributed by atoms with Crippen LogP contribution in [0.1, 0.15) is 11.1 Å². The van der Waals surface area contributed by atoms with Gasteiger partial charge in [-0.2, -0.15) is 0 Å². The molecule has 0 saturated carbocycles. The Labute approximate surface area is 192 Å². The van der Waals surface area contributed by atoms with Crippen molar-refractivity contribution in [3.63, 3.8) is 0 Å². The maximum absolute atomic E-state index is 13.3. The van der Waals surface area contributed by atoms with Gasteiger partial charge in [-0.25, -0.2) is 0 Å². The van der Waals surface area contributed by atoms with Gasteiger partial charge in [0.25, 0.3) is 0 Å². The van der Waals surface area contributed by atoms with E-state index in [1.807, 2.05) is 59.6 Å². The highest BCUT2D eigenvalue weighted by Crippen LogP contribution is 2.51. The standard InChI is InChI=1S/C27H27N3O3/c31-25(28-14-11-19-16-29-21-9-5-4-8-20(19)21)23-22-10-13-27(33-22)17-30(26(32)24(23)27)15-12-18-6-2-1-3-7-18/h1-10,13,16,22-24,29H,11-12,14-15,17H2,(H,28,31)/t22-,23+,24+,27-/m1/s1. The van der Waals surface area contributed by atoms with E-state index in [2.05, 4.69) is 28.5 Å². The summed E-state index contributed by atoms with van der Waals surface area (Å²) >= 11 is 0. The molecule has 168 valence electrons. The van der Waals surface area contributed by atoms with Gasteiger partial charge in [-0.05, 0) is 30.0 Å². The summed E-state index contributed by atoms with van der Waals surface area (Å²) in [6.07, 6.45) is 7.19. The van der Waals surface area contributed by atoms with E-state index in [4.69, 9.17) is 4.74 Å². The van der Waals surface area contributed by atoms with Crippen LogP contribution in [0.3, 0.4) is 0 Å². The van der Waals surface area contributed by atoms with Crippen LogP contribution in [0.15, 0.2) is 72.9 Å². The minimum Gasteiger partial charge on any atom is -0.361 e. The summed E-state index contributed by atoms with van der Waals surface area (Å²) in [6, 6.07) is 18.3. The molecule has 6 nitrogen and oxygen atoms in total. The van der Waals surface area contributed by atoms with E-state index >= 15 is 0 Å². The van der Waals surface area contributed by atoms with E-state index in [-0.39, 0.29) is 17.9 Å². The van der Waals surface area contributed by atoms with Crippen molar-refractivity contribution in [2.45, 2.75) is 24.5 Å². The first-order valence-electron chi connectivity index (χ1n) is 11.7. The normalized spacial score (nSPS) is 27.5. The second-order valence-electron chi connectivity index (χ2n) is 9.30. The summed E-state index contributed by atoms with van der Waals surface area (Å²) in [5, 5.41) is 4.26. The van der Waals surface area contributed by atoms with Gasteiger partial charge in [0.15, 0.2) is 0 Å². The number of benzene rings is 2. The van der Waals surface area contributed by atoms with E-state index in [1.165, 1.54) is 16.5 Å². The third-order valence-corrected chi connectivity index (χ3v) is 7.36. The highest BCUT2D eigenvalue weighted by Gasteiger charge is 2.66. The van der Waals surface area contributed by atoms with Gasteiger partial charge in [-0.3, -0.25) is 9.59 Å². The number of carbonyl (C=O) groups excluding carboxylic acids is 2. The number of ether oxygens (including phenoxy) is 1. The lowest BCUT2D eigenvalue weighted by Gasteiger charge is -2.23. The summed E-state index contributed by atoms with van der Waals surface area (Å²) in [6.45, 7) is 1.69. The predicted molar refractivity (Wildman–Crippen MR) is 125 cm³/mol. The van der Waals surface area contributed by atoms with Gasteiger partial charge in [-0.1, -0.05) is 60.7 Å². The fourth-order valence-corrected chi connectivity index (χ4v) is 5.75. The minimum atomic E-state index is -0.655. The molecular formula is C27H27N3O3. The smallest absolute Gasteiger partial charge is 0.230 e.